The van der Waals surface area contributed by atoms with Gasteiger partial charge < -0.3 is 19.3 Å². The van der Waals surface area contributed by atoms with E-state index in [9.17, 15) is 9.59 Å². The van der Waals surface area contributed by atoms with Crippen molar-refractivity contribution in [1.82, 2.24) is 4.98 Å². The number of rotatable bonds is 9. The first kappa shape index (κ1) is 35.1. The molecule has 0 saturated heterocycles. The van der Waals surface area contributed by atoms with Crippen molar-refractivity contribution >= 4 is 39.1 Å². The van der Waals surface area contributed by atoms with Crippen LogP contribution in [0.4, 0.5) is 11.4 Å². The lowest BCUT2D eigenvalue weighted by Gasteiger charge is -2.23. The van der Waals surface area contributed by atoms with Gasteiger partial charge in [0.05, 0.1) is 0 Å². The Morgan fingerprint density at radius 1 is 0.623 bits per heavy atom. The maximum atomic E-state index is 13.7. The van der Waals surface area contributed by atoms with Crippen molar-refractivity contribution in [1.29, 1.82) is 0 Å². The van der Waals surface area contributed by atoms with E-state index in [2.05, 4.69) is 71.2 Å². The Morgan fingerprint density at radius 3 is 1.72 bits per heavy atom. The van der Waals surface area contributed by atoms with Crippen LogP contribution in [0.3, 0.4) is 0 Å². The molecule has 2 amide bonds. The number of nitrogens with zero attached hydrogens (tertiary/aromatic N) is 3. The molecule has 2 unspecified atom stereocenters. The molecule has 8 heteroatoms. The molecule has 2 spiro atoms. The lowest BCUT2D eigenvalue weighted by atomic mass is 9.77. The zero-order valence-electron chi connectivity index (χ0n) is 30.3. The number of fused-ring (bicyclic) bond motifs is 8. The summed E-state index contributed by atoms with van der Waals surface area (Å²) >= 11 is 3.49. The number of ether oxygens (including phenoxy) is 2. The number of benzene rings is 4. The van der Waals surface area contributed by atoms with Gasteiger partial charge in [0.25, 0.3) is 0 Å². The molecule has 0 aliphatic carbocycles. The minimum Gasteiger partial charge on any atom is -0.491 e. The average molecular weight is 771 g/mol. The molecular weight excluding hydrogens is 726 g/mol. The number of hydrogen-bond acceptors (Lipinski definition) is 5. The van der Waals surface area contributed by atoms with Gasteiger partial charge >= 0.3 is 0 Å². The third kappa shape index (κ3) is 5.73. The van der Waals surface area contributed by atoms with Gasteiger partial charge in [-0.1, -0.05) is 116 Å². The van der Waals surface area contributed by atoms with Gasteiger partial charge in [-0.15, -0.1) is 0 Å². The molecule has 4 aromatic carbocycles. The first-order chi connectivity index (χ1) is 25.9. The van der Waals surface area contributed by atoms with Crippen molar-refractivity contribution in [3.63, 3.8) is 0 Å². The Labute approximate surface area is 320 Å². The van der Waals surface area contributed by atoms with E-state index in [1.54, 1.807) is 6.20 Å². The smallest absolute Gasteiger partial charge is 0.245 e. The normalized spacial score (nSPS) is 20.1. The number of hydrogen-bond donors (Lipinski definition) is 0. The standard InChI is InChI=1S/C25H24N2O2.C20H20BrNO2/c1-2-3-6-14-27-22-10-5-4-9-20(22)25(24(27)28)17-29-23-15-18(11-12-21(23)25)19-8-7-13-26-16-19;1-2-3-6-11-22-17-8-5-4-7-15(17)20(19(22)23)13-24-18-12-14(21)9-10-16(18)20/h4-5,7-13,15-16H,2-3,6,14,17H2,1H3;4-5,7-10,12H,2-3,6,11,13H2,1H3. The van der Waals surface area contributed by atoms with Crippen molar-refractivity contribution in [2.24, 2.45) is 0 Å². The van der Waals surface area contributed by atoms with Crippen LogP contribution in [0.2, 0.25) is 0 Å². The average Bonchev–Trinajstić information content (AvgIpc) is 3.90. The highest BCUT2D eigenvalue weighted by molar-refractivity contribution is 9.10. The van der Waals surface area contributed by atoms with Crippen molar-refractivity contribution in [2.75, 3.05) is 36.1 Å². The summed E-state index contributed by atoms with van der Waals surface area (Å²) < 4.78 is 13.0. The van der Waals surface area contributed by atoms with Crippen molar-refractivity contribution in [3.05, 3.63) is 136 Å². The first-order valence-electron chi connectivity index (χ1n) is 18.9. The molecule has 4 aliphatic heterocycles. The van der Waals surface area contributed by atoms with Gasteiger partial charge in [-0.2, -0.15) is 0 Å². The number of halogens is 1. The van der Waals surface area contributed by atoms with Gasteiger partial charge in [0.15, 0.2) is 0 Å². The second kappa shape index (κ2) is 14.5. The van der Waals surface area contributed by atoms with Crippen LogP contribution in [0.15, 0.2) is 114 Å². The highest BCUT2D eigenvalue weighted by Gasteiger charge is 2.57. The fourth-order valence-electron chi connectivity index (χ4n) is 8.54. The van der Waals surface area contributed by atoms with Gasteiger partial charge in [-0.3, -0.25) is 14.6 Å². The molecule has 4 aliphatic rings. The number of carbonyl (C=O) groups is 2. The molecule has 0 radical (unpaired) electrons. The molecule has 1 aromatic heterocycles. The summed E-state index contributed by atoms with van der Waals surface area (Å²) in [6.45, 7) is 6.64. The SMILES string of the molecule is CCCCCN1C(=O)C2(COc3cc(-c4cccnc4)ccc32)c2ccccc21.CCCCCN1C(=O)C2(COc3cc(Br)ccc32)c2ccccc21. The molecule has 0 bridgehead atoms. The Kier molecular flexibility index (Phi) is 9.58. The van der Waals surface area contributed by atoms with Crippen LogP contribution in [0.5, 0.6) is 11.5 Å². The highest BCUT2D eigenvalue weighted by Crippen LogP contribution is 2.54. The summed E-state index contributed by atoms with van der Waals surface area (Å²) in [4.78, 5) is 35.3. The Hall–Kier alpha value is -4.95. The van der Waals surface area contributed by atoms with Crippen LogP contribution >= 0.6 is 15.9 Å². The van der Waals surface area contributed by atoms with E-state index in [0.717, 1.165) is 112 Å². The summed E-state index contributed by atoms with van der Waals surface area (Å²) in [7, 11) is 0. The molecule has 53 heavy (non-hydrogen) atoms. The summed E-state index contributed by atoms with van der Waals surface area (Å²) in [5, 5.41) is 0. The lowest BCUT2D eigenvalue weighted by molar-refractivity contribution is -0.122. The summed E-state index contributed by atoms with van der Waals surface area (Å²) in [5.74, 6) is 1.90. The second-order valence-electron chi connectivity index (χ2n) is 14.3. The lowest BCUT2D eigenvalue weighted by Crippen LogP contribution is -2.42. The number of para-hydroxylation sites is 2. The fraction of sp³-hybridized carbons (Fsp3) is 0.311. The maximum Gasteiger partial charge on any atom is 0.245 e. The molecule has 0 N–H and O–H groups in total. The van der Waals surface area contributed by atoms with E-state index in [0.29, 0.717) is 13.2 Å². The molecule has 9 rings (SSSR count). The van der Waals surface area contributed by atoms with E-state index in [1.807, 2.05) is 76.7 Å². The summed E-state index contributed by atoms with van der Waals surface area (Å²) in [5.41, 5.74) is 6.85. The van der Waals surface area contributed by atoms with E-state index in [1.165, 1.54) is 0 Å². The molecular formula is C45H44BrN3O4. The van der Waals surface area contributed by atoms with E-state index < -0.39 is 10.8 Å². The fourth-order valence-corrected chi connectivity index (χ4v) is 8.88. The van der Waals surface area contributed by atoms with Crippen LogP contribution in [0.1, 0.15) is 74.6 Å². The molecule has 0 fully saturated rings. The Balaban J connectivity index is 0.000000154. The zero-order valence-corrected chi connectivity index (χ0v) is 31.9. The molecule has 7 nitrogen and oxygen atoms in total. The van der Waals surface area contributed by atoms with Crippen LogP contribution in [-0.2, 0) is 20.4 Å². The van der Waals surface area contributed by atoms with E-state index in [4.69, 9.17) is 9.47 Å². The van der Waals surface area contributed by atoms with Crippen LogP contribution < -0.4 is 19.3 Å². The molecule has 0 saturated carbocycles. The maximum absolute atomic E-state index is 13.7. The van der Waals surface area contributed by atoms with Crippen molar-refractivity contribution in [3.8, 4) is 22.6 Å². The molecule has 270 valence electrons. The molecule has 5 heterocycles. The molecule has 5 aromatic rings. The second-order valence-corrected chi connectivity index (χ2v) is 15.3. The van der Waals surface area contributed by atoms with Crippen LogP contribution in [0.25, 0.3) is 11.1 Å². The number of pyridine rings is 1. The van der Waals surface area contributed by atoms with Crippen molar-refractivity contribution in [2.45, 2.75) is 63.2 Å². The minimum absolute atomic E-state index is 0.141. The minimum atomic E-state index is -0.731. The number of amides is 2. The number of aromatic nitrogens is 1. The first-order valence-corrected chi connectivity index (χ1v) is 19.7. The predicted molar refractivity (Wildman–Crippen MR) is 213 cm³/mol. The monoisotopic (exact) mass is 769 g/mol. The zero-order chi connectivity index (χ0) is 36.6. The van der Waals surface area contributed by atoms with Gasteiger partial charge in [0, 0.05) is 58.0 Å². The summed E-state index contributed by atoms with van der Waals surface area (Å²) in [6, 6.07) is 32.5. The van der Waals surface area contributed by atoms with Crippen molar-refractivity contribution < 1.29 is 19.1 Å². The predicted octanol–water partition coefficient (Wildman–Crippen LogP) is 9.63. The Morgan fingerprint density at radius 2 is 1.17 bits per heavy atom. The highest BCUT2D eigenvalue weighted by atomic mass is 79.9. The largest absolute Gasteiger partial charge is 0.491 e. The third-order valence-corrected chi connectivity index (χ3v) is 11.7. The van der Waals surface area contributed by atoms with Gasteiger partial charge in [0.1, 0.15) is 35.5 Å². The summed E-state index contributed by atoms with van der Waals surface area (Å²) in [6.07, 6.45) is 10.2. The molecule has 2 atom stereocenters. The third-order valence-electron chi connectivity index (χ3n) is 11.2. The number of unbranched alkanes of at least 4 members (excludes halogenated alkanes) is 4. The van der Waals surface area contributed by atoms with E-state index >= 15 is 0 Å². The number of carbonyl (C=O) groups excluding carboxylic acids is 2. The van der Waals surface area contributed by atoms with E-state index in [-0.39, 0.29) is 11.8 Å². The Bertz CT molecular complexity index is 2170. The number of anilines is 2. The van der Waals surface area contributed by atoms with Gasteiger partial charge in [0.2, 0.25) is 11.8 Å². The topological polar surface area (TPSA) is 72.0 Å². The van der Waals surface area contributed by atoms with Gasteiger partial charge in [-0.25, -0.2) is 0 Å². The van der Waals surface area contributed by atoms with Crippen LogP contribution in [0, 0.1) is 0 Å². The van der Waals surface area contributed by atoms with Crippen LogP contribution in [-0.4, -0.2) is 43.1 Å². The van der Waals surface area contributed by atoms with Gasteiger partial charge in [-0.05, 0) is 65.9 Å². The quantitative estimate of drug-likeness (QED) is 0.140.